The maximum Gasteiger partial charge on any atom is 0.182 e. The first kappa shape index (κ1) is 20.5. The Morgan fingerprint density at radius 3 is 2.75 bits per heavy atom. The third-order valence-corrected chi connectivity index (χ3v) is 6.22. The van der Waals surface area contributed by atoms with E-state index in [1.807, 2.05) is 12.1 Å². The van der Waals surface area contributed by atoms with Crippen LogP contribution in [0.15, 0.2) is 36.7 Å². The summed E-state index contributed by atoms with van der Waals surface area (Å²) in [5.74, 6) is 1.59. The molecule has 0 saturated carbocycles. The number of hydrogen-bond donors (Lipinski definition) is 3. The van der Waals surface area contributed by atoms with Crippen LogP contribution in [0.1, 0.15) is 24.0 Å². The summed E-state index contributed by atoms with van der Waals surface area (Å²) in [5.41, 5.74) is 6.15. The maximum absolute atomic E-state index is 9.76. The Kier molecular flexibility index (Phi) is 5.30. The Bertz CT molecular complexity index is 1260. The van der Waals surface area contributed by atoms with Crippen molar-refractivity contribution in [2.45, 2.75) is 32.4 Å². The number of fused-ring (bicyclic) bond motifs is 2. The van der Waals surface area contributed by atoms with Gasteiger partial charge in [-0.3, -0.25) is 0 Å². The van der Waals surface area contributed by atoms with E-state index in [9.17, 15) is 5.11 Å². The predicted molar refractivity (Wildman–Crippen MR) is 129 cm³/mol. The molecular formula is C24H29N7O. The topological polar surface area (TPSA) is 93.2 Å². The molecule has 1 fully saturated rings. The molecule has 1 aliphatic rings. The van der Waals surface area contributed by atoms with Gasteiger partial charge in [-0.2, -0.15) is 0 Å². The number of piperidine rings is 1. The zero-order valence-electron chi connectivity index (χ0n) is 18.8. The lowest BCUT2D eigenvalue weighted by atomic mass is 10.1. The number of anilines is 3. The molecule has 166 valence electrons. The molecule has 3 aromatic heterocycles. The van der Waals surface area contributed by atoms with Crippen LogP contribution in [0, 0.1) is 6.92 Å². The quantitative estimate of drug-likeness (QED) is 0.446. The van der Waals surface area contributed by atoms with Gasteiger partial charge in [-0.25, -0.2) is 15.0 Å². The van der Waals surface area contributed by atoms with E-state index in [-0.39, 0.29) is 6.10 Å². The molecule has 0 spiro atoms. The van der Waals surface area contributed by atoms with Gasteiger partial charge in [0, 0.05) is 45.3 Å². The summed E-state index contributed by atoms with van der Waals surface area (Å²) in [6, 6.07) is 8.26. The molecule has 32 heavy (non-hydrogen) atoms. The van der Waals surface area contributed by atoms with Gasteiger partial charge in [0.25, 0.3) is 0 Å². The van der Waals surface area contributed by atoms with Gasteiger partial charge in [0.05, 0.1) is 23.5 Å². The SMILES string of the molecule is Cc1c[nH]c2c(N(C)C)ccc(CNc3cnc4ccc(N5CCC(O)CC5)nc4n3)c12. The molecule has 0 aliphatic carbocycles. The first-order valence-electron chi connectivity index (χ1n) is 11.1. The summed E-state index contributed by atoms with van der Waals surface area (Å²) in [6.45, 7) is 4.38. The number of pyridine rings is 1. The largest absolute Gasteiger partial charge is 0.393 e. The molecule has 1 aliphatic heterocycles. The third-order valence-electron chi connectivity index (χ3n) is 6.22. The highest BCUT2D eigenvalue weighted by atomic mass is 16.3. The average molecular weight is 432 g/mol. The van der Waals surface area contributed by atoms with E-state index in [1.165, 1.54) is 22.2 Å². The Hall–Kier alpha value is -3.39. The first-order chi connectivity index (χ1) is 15.5. The highest BCUT2D eigenvalue weighted by Crippen LogP contribution is 2.30. The molecule has 8 nitrogen and oxygen atoms in total. The number of nitrogens with one attached hydrogen (secondary N) is 2. The van der Waals surface area contributed by atoms with Gasteiger partial charge < -0.3 is 25.2 Å². The number of nitrogens with zero attached hydrogens (tertiary/aromatic N) is 5. The molecular weight excluding hydrogens is 402 g/mol. The molecule has 0 bridgehead atoms. The van der Waals surface area contributed by atoms with Gasteiger partial charge in [-0.05, 0) is 49.1 Å². The van der Waals surface area contributed by atoms with Crippen LogP contribution in [0.25, 0.3) is 22.1 Å². The molecule has 0 radical (unpaired) electrons. The lowest BCUT2D eigenvalue weighted by Crippen LogP contribution is -2.36. The number of benzene rings is 1. The zero-order valence-corrected chi connectivity index (χ0v) is 18.8. The second-order valence-corrected chi connectivity index (χ2v) is 8.70. The summed E-state index contributed by atoms with van der Waals surface area (Å²) in [5, 5.41) is 14.4. The lowest BCUT2D eigenvalue weighted by molar-refractivity contribution is 0.145. The van der Waals surface area contributed by atoms with Crippen molar-refractivity contribution < 1.29 is 5.11 Å². The third kappa shape index (κ3) is 3.82. The molecule has 4 aromatic rings. The van der Waals surface area contributed by atoms with Crippen molar-refractivity contribution in [2.75, 3.05) is 42.3 Å². The van der Waals surface area contributed by atoms with E-state index in [4.69, 9.17) is 9.97 Å². The fourth-order valence-corrected chi connectivity index (χ4v) is 4.43. The zero-order chi connectivity index (χ0) is 22.2. The average Bonchev–Trinajstić information content (AvgIpc) is 3.19. The van der Waals surface area contributed by atoms with Gasteiger partial charge in [0.15, 0.2) is 5.65 Å². The molecule has 5 rings (SSSR count). The highest BCUT2D eigenvalue weighted by molar-refractivity contribution is 5.96. The van der Waals surface area contributed by atoms with E-state index in [0.717, 1.165) is 42.8 Å². The minimum atomic E-state index is -0.204. The van der Waals surface area contributed by atoms with E-state index < -0.39 is 0 Å². The fourth-order valence-electron chi connectivity index (χ4n) is 4.43. The second-order valence-electron chi connectivity index (χ2n) is 8.70. The van der Waals surface area contributed by atoms with Crippen LogP contribution in [0.5, 0.6) is 0 Å². The second kappa shape index (κ2) is 8.27. The standard InChI is InChI=1S/C24H29N7O/c1-15-12-27-23-19(30(2)3)6-4-16(22(15)23)13-26-20-14-25-18-5-7-21(29-24(18)28-20)31-10-8-17(32)9-11-31/h4-7,12,14,17,27,32H,8-11,13H2,1-3H3,(H,26,28,29). The monoisotopic (exact) mass is 431 g/mol. The molecule has 8 heteroatoms. The van der Waals surface area contributed by atoms with Crippen LogP contribution in [0.3, 0.4) is 0 Å². The summed E-state index contributed by atoms with van der Waals surface area (Å²) in [4.78, 5) is 21.7. The molecule has 1 saturated heterocycles. The van der Waals surface area contributed by atoms with E-state index in [0.29, 0.717) is 18.0 Å². The van der Waals surface area contributed by atoms with Gasteiger partial charge >= 0.3 is 0 Å². The first-order valence-corrected chi connectivity index (χ1v) is 11.1. The predicted octanol–water partition coefficient (Wildman–Crippen LogP) is 3.45. The minimum absolute atomic E-state index is 0.204. The van der Waals surface area contributed by atoms with Crippen molar-refractivity contribution in [1.82, 2.24) is 19.9 Å². The number of aryl methyl sites for hydroxylation is 1. The van der Waals surface area contributed by atoms with Crippen molar-refractivity contribution in [3.05, 3.63) is 47.8 Å². The number of aliphatic hydroxyl groups is 1. The number of rotatable bonds is 5. The summed E-state index contributed by atoms with van der Waals surface area (Å²) >= 11 is 0. The molecule has 3 N–H and O–H groups in total. The van der Waals surface area contributed by atoms with Crippen LogP contribution in [0.4, 0.5) is 17.3 Å². The highest BCUT2D eigenvalue weighted by Gasteiger charge is 2.18. The number of aromatic amines is 1. The van der Waals surface area contributed by atoms with E-state index in [2.05, 4.69) is 64.4 Å². The van der Waals surface area contributed by atoms with Gasteiger partial charge in [0.1, 0.15) is 17.2 Å². The molecule has 0 atom stereocenters. The number of aliphatic hydroxyl groups excluding tert-OH is 1. The Labute approximate surface area is 187 Å². The lowest BCUT2D eigenvalue weighted by Gasteiger charge is -2.30. The maximum atomic E-state index is 9.76. The molecule has 4 heterocycles. The summed E-state index contributed by atoms with van der Waals surface area (Å²) in [7, 11) is 4.11. The van der Waals surface area contributed by atoms with Crippen molar-refractivity contribution in [3.63, 3.8) is 0 Å². The van der Waals surface area contributed by atoms with Crippen molar-refractivity contribution in [3.8, 4) is 0 Å². The van der Waals surface area contributed by atoms with Crippen LogP contribution < -0.4 is 15.1 Å². The van der Waals surface area contributed by atoms with Crippen molar-refractivity contribution in [2.24, 2.45) is 0 Å². The van der Waals surface area contributed by atoms with Gasteiger partial charge in [-0.15, -0.1) is 0 Å². The summed E-state index contributed by atoms with van der Waals surface area (Å²) in [6.07, 6.45) is 5.15. The van der Waals surface area contributed by atoms with E-state index >= 15 is 0 Å². The molecule has 0 amide bonds. The smallest absolute Gasteiger partial charge is 0.182 e. The molecule has 1 aromatic carbocycles. The van der Waals surface area contributed by atoms with E-state index in [1.54, 1.807) is 6.20 Å². The van der Waals surface area contributed by atoms with Crippen LogP contribution in [-0.4, -0.2) is 58.3 Å². The summed E-state index contributed by atoms with van der Waals surface area (Å²) < 4.78 is 0. The van der Waals surface area contributed by atoms with Crippen molar-refractivity contribution in [1.29, 1.82) is 0 Å². The minimum Gasteiger partial charge on any atom is -0.393 e. The normalized spacial score (nSPS) is 14.9. The Balaban J connectivity index is 1.39. The fraction of sp³-hybridized carbons (Fsp3) is 0.375. The number of aromatic nitrogens is 4. The number of hydrogen-bond acceptors (Lipinski definition) is 7. The molecule has 0 unspecified atom stereocenters. The Morgan fingerprint density at radius 1 is 1.16 bits per heavy atom. The van der Waals surface area contributed by atoms with Crippen LogP contribution in [0.2, 0.25) is 0 Å². The van der Waals surface area contributed by atoms with Crippen molar-refractivity contribution >= 4 is 39.4 Å². The Morgan fingerprint density at radius 2 is 1.97 bits per heavy atom. The van der Waals surface area contributed by atoms with Gasteiger partial charge in [-0.1, -0.05) is 6.07 Å². The van der Waals surface area contributed by atoms with Crippen LogP contribution >= 0.6 is 0 Å². The van der Waals surface area contributed by atoms with Gasteiger partial charge in [0.2, 0.25) is 0 Å². The van der Waals surface area contributed by atoms with Crippen LogP contribution in [-0.2, 0) is 6.54 Å². The number of H-pyrrole nitrogens is 1.